The summed E-state index contributed by atoms with van der Waals surface area (Å²) in [6.07, 6.45) is 5.54. The Morgan fingerprint density at radius 3 is 2.88 bits per heavy atom. The van der Waals surface area contributed by atoms with Gasteiger partial charge >= 0.3 is 0 Å². The van der Waals surface area contributed by atoms with Crippen molar-refractivity contribution in [1.29, 1.82) is 0 Å². The average Bonchev–Trinajstić information content (AvgIpc) is 3.00. The fourth-order valence-corrected chi connectivity index (χ4v) is 4.63. The predicted molar refractivity (Wildman–Crippen MR) is 99.1 cm³/mol. The number of fused-ring (bicyclic) bond motifs is 1. The number of nitrogens with zero attached hydrogens (tertiary/aromatic N) is 3. The van der Waals surface area contributed by atoms with Gasteiger partial charge in [-0.05, 0) is 44.5 Å². The van der Waals surface area contributed by atoms with Crippen LogP contribution in [0.2, 0.25) is 0 Å². The Hall–Kier alpha value is -1.27. The molecular weight excluding hydrogens is 318 g/mol. The monoisotopic (exact) mass is 345 g/mol. The lowest BCUT2D eigenvalue weighted by Gasteiger charge is -2.35. The van der Waals surface area contributed by atoms with Crippen LogP contribution in [0.4, 0.5) is 0 Å². The molecule has 2 aromatic rings. The van der Waals surface area contributed by atoms with Gasteiger partial charge < -0.3 is 10.0 Å². The Balaban J connectivity index is 1.77. The molecule has 0 fully saturated rings. The van der Waals surface area contributed by atoms with E-state index in [-0.39, 0.29) is 6.61 Å². The van der Waals surface area contributed by atoms with Crippen molar-refractivity contribution >= 4 is 11.3 Å². The van der Waals surface area contributed by atoms with Crippen LogP contribution >= 0.6 is 11.3 Å². The first kappa shape index (κ1) is 17.5. The molecule has 24 heavy (non-hydrogen) atoms. The van der Waals surface area contributed by atoms with E-state index in [9.17, 15) is 5.11 Å². The van der Waals surface area contributed by atoms with Crippen LogP contribution in [0.1, 0.15) is 39.9 Å². The molecule has 1 aromatic heterocycles. The van der Waals surface area contributed by atoms with Gasteiger partial charge in [0.2, 0.25) is 0 Å². The van der Waals surface area contributed by atoms with Crippen molar-refractivity contribution in [1.82, 2.24) is 14.8 Å². The number of aryl methyl sites for hydroxylation is 1. The molecule has 4 nitrogen and oxygen atoms in total. The Morgan fingerprint density at radius 1 is 1.25 bits per heavy atom. The number of benzene rings is 1. The molecule has 0 saturated carbocycles. The zero-order valence-corrected chi connectivity index (χ0v) is 15.4. The first-order valence-electron chi connectivity index (χ1n) is 8.68. The second-order valence-electron chi connectivity index (χ2n) is 6.76. The van der Waals surface area contributed by atoms with Gasteiger partial charge in [-0.25, -0.2) is 4.98 Å². The maximum Gasteiger partial charge on any atom is 0.107 e. The molecular formula is C19H27N3OS. The fourth-order valence-electron chi connectivity index (χ4n) is 3.56. The third kappa shape index (κ3) is 4.22. The molecule has 0 bridgehead atoms. The first-order chi connectivity index (χ1) is 11.7. The molecule has 1 aromatic carbocycles. The van der Waals surface area contributed by atoms with E-state index in [1.165, 1.54) is 28.8 Å². The molecule has 0 radical (unpaired) electrons. The summed E-state index contributed by atoms with van der Waals surface area (Å²) >= 11 is 1.78. The largest absolute Gasteiger partial charge is 0.395 e. The van der Waals surface area contributed by atoms with Gasteiger partial charge in [0.1, 0.15) is 5.01 Å². The Kier molecular flexibility index (Phi) is 6.00. The molecule has 1 heterocycles. The highest BCUT2D eigenvalue weighted by atomic mass is 32.1. The molecule has 5 heteroatoms. The number of rotatable bonds is 7. The third-order valence-corrected chi connectivity index (χ3v) is 5.54. The lowest BCUT2D eigenvalue weighted by Crippen LogP contribution is -2.33. The molecule has 3 rings (SSSR count). The number of aliphatic hydroxyl groups excluding tert-OH is 1. The van der Waals surface area contributed by atoms with Crippen LogP contribution in [0.25, 0.3) is 0 Å². The SMILES string of the molecule is CN(C)Cc1cnc(CN(CCO)C2CCCc3ccccc32)s1. The number of hydrogen-bond donors (Lipinski definition) is 1. The molecule has 0 amide bonds. The standard InChI is InChI=1S/C19H27N3OS/c1-21(2)13-16-12-20-19(24-16)14-22(10-11-23)18-9-5-7-15-6-3-4-8-17(15)18/h3-4,6,8,12,18,23H,5,7,9-11,13-14H2,1-2H3. The summed E-state index contributed by atoms with van der Waals surface area (Å²) in [6, 6.07) is 9.15. The maximum atomic E-state index is 9.55. The van der Waals surface area contributed by atoms with Gasteiger partial charge in [-0.15, -0.1) is 11.3 Å². The van der Waals surface area contributed by atoms with Gasteiger partial charge in [0.05, 0.1) is 13.2 Å². The van der Waals surface area contributed by atoms with Crippen LogP contribution in [0.3, 0.4) is 0 Å². The maximum absolute atomic E-state index is 9.55. The number of thiazole rings is 1. The summed E-state index contributed by atoms with van der Waals surface area (Å²) in [5.74, 6) is 0. The van der Waals surface area contributed by atoms with Crippen molar-refractivity contribution in [3.63, 3.8) is 0 Å². The smallest absolute Gasteiger partial charge is 0.107 e. The molecule has 1 aliphatic rings. The zero-order valence-electron chi connectivity index (χ0n) is 14.6. The van der Waals surface area contributed by atoms with Crippen molar-refractivity contribution in [3.05, 3.63) is 51.5 Å². The summed E-state index contributed by atoms with van der Waals surface area (Å²) in [4.78, 5) is 10.5. The van der Waals surface area contributed by atoms with E-state index in [0.29, 0.717) is 12.6 Å². The lowest BCUT2D eigenvalue weighted by molar-refractivity contribution is 0.131. The molecule has 1 unspecified atom stereocenters. The Labute approximate surface area is 148 Å². The summed E-state index contributed by atoms with van der Waals surface area (Å²) < 4.78 is 0. The average molecular weight is 346 g/mol. The van der Waals surface area contributed by atoms with Gasteiger partial charge in [0.25, 0.3) is 0 Å². The fraction of sp³-hybridized carbons (Fsp3) is 0.526. The van der Waals surface area contributed by atoms with E-state index in [0.717, 1.165) is 24.5 Å². The van der Waals surface area contributed by atoms with Crippen molar-refractivity contribution in [2.45, 2.75) is 38.4 Å². The van der Waals surface area contributed by atoms with Crippen LogP contribution in [0.5, 0.6) is 0 Å². The second-order valence-corrected chi connectivity index (χ2v) is 7.96. The van der Waals surface area contributed by atoms with E-state index in [1.807, 2.05) is 6.20 Å². The van der Waals surface area contributed by atoms with Crippen LogP contribution in [0.15, 0.2) is 30.5 Å². The highest BCUT2D eigenvalue weighted by Gasteiger charge is 2.26. The van der Waals surface area contributed by atoms with E-state index < -0.39 is 0 Å². The number of hydrogen-bond acceptors (Lipinski definition) is 5. The highest BCUT2D eigenvalue weighted by molar-refractivity contribution is 7.11. The molecule has 0 aliphatic heterocycles. The second kappa shape index (κ2) is 8.21. The van der Waals surface area contributed by atoms with Gasteiger partial charge in [0, 0.05) is 30.2 Å². The van der Waals surface area contributed by atoms with Gasteiger partial charge in [-0.3, -0.25) is 4.90 Å². The molecule has 0 saturated heterocycles. The molecule has 130 valence electrons. The highest BCUT2D eigenvalue weighted by Crippen LogP contribution is 2.35. The number of aromatic nitrogens is 1. The normalized spacial score (nSPS) is 17.5. The first-order valence-corrected chi connectivity index (χ1v) is 9.50. The summed E-state index contributed by atoms with van der Waals surface area (Å²) in [7, 11) is 4.16. The molecule has 0 spiro atoms. The van der Waals surface area contributed by atoms with Crippen LogP contribution in [-0.2, 0) is 19.5 Å². The minimum atomic E-state index is 0.189. The quantitative estimate of drug-likeness (QED) is 0.837. The van der Waals surface area contributed by atoms with Crippen molar-refractivity contribution < 1.29 is 5.11 Å². The van der Waals surface area contributed by atoms with Crippen LogP contribution < -0.4 is 0 Å². The minimum Gasteiger partial charge on any atom is -0.395 e. The Morgan fingerprint density at radius 2 is 2.08 bits per heavy atom. The van der Waals surface area contributed by atoms with E-state index >= 15 is 0 Å². The third-order valence-electron chi connectivity index (χ3n) is 4.58. The van der Waals surface area contributed by atoms with Crippen LogP contribution in [-0.4, -0.2) is 47.1 Å². The summed E-state index contributed by atoms with van der Waals surface area (Å²) in [5, 5.41) is 10.7. The summed E-state index contributed by atoms with van der Waals surface area (Å²) in [5.41, 5.74) is 2.89. The summed E-state index contributed by atoms with van der Waals surface area (Å²) in [6.45, 7) is 2.64. The van der Waals surface area contributed by atoms with Gasteiger partial charge in [-0.1, -0.05) is 24.3 Å². The van der Waals surface area contributed by atoms with Gasteiger partial charge in [0.15, 0.2) is 0 Å². The topological polar surface area (TPSA) is 39.6 Å². The van der Waals surface area contributed by atoms with Crippen molar-refractivity contribution in [2.24, 2.45) is 0 Å². The van der Waals surface area contributed by atoms with E-state index in [1.54, 1.807) is 11.3 Å². The minimum absolute atomic E-state index is 0.189. The van der Waals surface area contributed by atoms with Crippen molar-refractivity contribution in [3.8, 4) is 0 Å². The number of aliphatic hydroxyl groups is 1. The predicted octanol–water partition coefficient (Wildman–Crippen LogP) is 3.08. The lowest BCUT2D eigenvalue weighted by atomic mass is 9.87. The molecule has 1 aliphatic carbocycles. The van der Waals surface area contributed by atoms with E-state index in [4.69, 9.17) is 0 Å². The van der Waals surface area contributed by atoms with E-state index in [2.05, 4.69) is 53.1 Å². The van der Waals surface area contributed by atoms with Crippen LogP contribution in [0, 0.1) is 0 Å². The Bertz CT molecular complexity index is 656. The molecule has 1 atom stereocenters. The zero-order chi connectivity index (χ0) is 16.9. The van der Waals surface area contributed by atoms with Gasteiger partial charge in [-0.2, -0.15) is 0 Å². The van der Waals surface area contributed by atoms with Crippen molar-refractivity contribution in [2.75, 3.05) is 27.2 Å². The molecule has 1 N–H and O–H groups in total.